The van der Waals surface area contributed by atoms with Gasteiger partial charge in [-0.1, -0.05) is 26.7 Å². The van der Waals surface area contributed by atoms with Crippen molar-refractivity contribution in [1.82, 2.24) is 5.01 Å². The van der Waals surface area contributed by atoms with Crippen LogP contribution >= 0.6 is 0 Å². The van der Waals surface area contributed by atoms with Gasteiger partial charge in [-0.3, -0.25) is 0 Å². The Kier molecular flexibility index (Phi) is 6.66. The Morgan fingerprint density at radius 2 is 1.89 bits per heavy atom. The Labute approximate surface area is 118 Å². The van der Waals surface area contributed by atoms with Gasteiger partial charge in [-0.25, -0.2) is 5.84 Å². The van der Waals surface area contributed by atoms with Crippen LogP contribution in [0.5, 0.6) is 0 Å². The summed E-state index contributed by atoms with van der Waals surface area (Å²) in [4.78, 5) is 0. The predicted molar refractivity (Wildman–Crippen MR) is 80.0 cm³/mol. The fourth-order valence-electron chi connectivity index (χ4n) is 2.36. The van der Waals surface area contributed by atoms with E-state index in [1.54, 1.807) is 0 Å². The van der Waals surface area contributed by atoms with Crippen molar-refractivity contribution in [2.75, 3.05) is 6.61 Å². The summed E-state index contributed by atoms with van der Waals surface area (Å²) in [5, 5.41) is 1.81. The van der Waals surface area contributed by atoms with Crippen LogP contribution in [-0.4, -0.2) is 23.8 Å². The Balaban J connectivity index is 2.86. The summed E-state index contributed by atoms with van der Waals surface area (Å²) in [6, 6.07) is 0.263. The molecular weight excluding hydrogens is 238 g/mol. The number of rotatable bonds is 5. The van der Waals surface area contributed by atoms with Crippen molar-refractivity contribution in [1.29, 1.82) is 0 Å². The third-order valence-corrected chi connectivity index (χ3v) is 3.56. The van der Waals surface area contributed by atoms with Crippen LogP contribution < -0.4 is 11.6 Å². The van der Waals surface area contributed by atoms with Crippen LogP contribution in [0, 0.1) is 5.92 Å². The maximum absolute atomic E-state index is 6.35. The van der Waals surface area contributed by atoms with Crippen LogP contribution in [0.1, 0.15) is 59.8 Å². The summed E-state index contributed by atoms with van der Waals surface area (Å²) in [5.74, 6) is 6.69. The fraction of sp³-hybridized carbons (Fsp3) is 0.867. The van der Waals surface area contributed by atoms with Crippen molar-refractivity contribution in [3.05, 3.63) is 11.4 Å². The van der Waals surface area contributed by atoms with Crippen molar-refractivity contribution < 1.29 is 4.74 Å². The molecule has 0 aliphatic heterocycles. The minimum absolute atomic E-state index is 0.0301. The van der Waals surface area contributed by atoms with Gasteiger partial charge in [-0.2, -0.15) is 0 Å². The van der Waals surface area contributed by atoms with E-state index in [1.165, 1.54) is 12.8 Å². The first-order valence-corrected chi connectivity index (χ1v) is 7.57. The van der Waals surface area contributed by atoms with Crippen LogP contribution in [0.4, 0.5) is 0 Å². The Morgan fingerprint density at radius 3 is 2.47 bits per heavy atom. The van der Waals surface area contributed by atoms with Gasteiger partial charge in [0.25, 0.3) is 0 Å². The zero-order valence-electron chi connectivity index (χ0n) is 13.0. The van der Waals surface area contributed by atoms with Crippen LogP contribution in [0.15, 0.2) is 11.4 Å². The van der Waals surface area contributed by atoms with E-state index in [-0.39, 0.29) is 12.1 Å². The second-order valence-electron chi connectivity index (χ2n) is 6.22. The summed E-state index contributed by atoms with van der Waals surface area (Å²) in [6.45, 7) is 9.25. The molecule has 112 valence electrons. The summed E-state index contributed by atoms with van der Waals surface area (Å²) in [5.41, 5.74) is 8.27. The van der Waals surface area contributed by atoms with E-state index in [0.717, 1.165) is 37.3 Å². The number of hydrogen-bond donors (Lipinski definition) is 2. The third-order valence-electron chi connectivity index (χ3n) is 3.56. The average molecular weight is 269 g/mol. The molecular formula is C15H31N3O. The number of nitrogens with two attached hydrogens (primary N) is 2. The van der Waals surface area contributed by atoms with Crippen LogP contribution in [0.2, 0.25) is 0 Å². The second kappa shape index (κ2) is 7.75. The van der Waals surface area contributed by atoms with Gasteiger partial charge < -0.3 is 15.5 Å². The van der Waals surface area contributed by atoms with E-state index in [1.807, 2.05) is 5.01 Å². The lowest BCUT2D eigenvalue weighted by molar-refractivity contribution is 0.0464. The first-order chi connectivity index (χ1) is 8.93. The standard InChI is InChI=1S/C15H31N3O/c1-11(2)10-19-14-9-7-5-6-8-13(15(14)16)18(17)12(3)4/h11-12,14H,5-10,16-17H2,1-4H3. The Bertz CT molecular complexity index is 300. The zero-order chi connectivity index (χ0) is 14.4. The summed E-state index contributed by atoms with van der Waals surface area (Å²) >= 11 is 0. The highest BCUT2D eigenvalue weighted by atomic mass is 16.5. The maximum Gasteiger partial charge on any atom is 0.0985 e. The molecule has 0 heterocycles. The molecule has 1 atom stereocenters. The second-order valence-corrected chi connectivity index (χ2v) is 6.22. The molecule has 0 aromatic carbocycles. The molecule has 0 saturated heterocycles. The fourth-order valence-corrected chi connectivity index (χ4v) is 2.36. The van der Waals surface area contributed by atoms with Gasteiger partial charge in [0.15, 0.2) is 0 Å². The molecule has 1 rings (SSSR count). The highest BCUT2D eigenvalue weighted by Crippen LogP contribution is 2.25. The topological polar surface area (TPSA) is 64.5 Å². The van der Waals surface area contributed by atoms with E-state index >= 15 is 0 Å². The number of allylic oxidation sites excluding steroid dienone is 1. The van der Waals surface area contributed by atoms with E-state index in [4.69, 9.17) is 16.3 Å². The molecule has 0 saturated carbocycles. The molecule has 4 N–H and O–H groups in total. The van der Waals surface area contributed by atoms with Crippen molar-refractivity contribution in [2.24, 2.45) is 17.5 Å². The van der Waals surface area contributed by atoms with E-state index in [0.29, 0.717) is 5.92 Å². The highest BCUT2D eigenvalue weighted by molar-refractivity contribution is 5.15. The van der Waals surface area contributed by atoms with E-state index in [9.17, 15) is 0 Å². The molecule has 0 aromatic heterocycles. The molecule has 1 unspecified atom stereocenters. The SMILES string of the molecule is CC(C)COC1CCCCCC(N(N)C(C)C)=C1N. The molecule has 4 heteroatoms. The lowest BCUT2D eigenvalue weighted by Gasteiger charge is -2.32. The van der Waals surface area contributed by atoms with Gasteiger partial charge in [0, 0.05) is 12.6 Å². The molecule has 0 fully saturated rings. The van der Waals surface area contributed by atoms with E-state index < -0.39 is 0 Å². The molecule has 0 spiro atoms. The largest absolute Gasteiger partial charge is 0.398 e. The maximum atomic E-state index is 6.35. The quantitative estimate of drug-likeness (QED) is 0.595. The van der Waals surface area contributed by atoms with Crippen molar-refractivity contribution in [3.8, 4) is 0 Å². The van der Waals surface area contributed by atoms with Gasteiger partial charge in [-0.05, 0) is 39.0 Å². The van der Waals surface area contributed by atoms with Gasteiger partial charge >= 0.3 is 0 Å². The van der Waals surface area contributed by atoms with Crippen LogP contribution in [0.25, 0.3) is 0 Å². The number of hydrazine groups is 1. The normalized spacial score (nSPS) is 21.7. The van der Waals surface area contributed by atoms with Crippen molar-refractivity contribution in [2.45, 2.75) is 71.9 Å². The third kappa shape index (κ3) is 5.03. The van der Waals surface area contributed by atoms with Gasteiger partial charge in [0.1, 0.15) is 0 Å². The number of ether oxygens (including phenoxy) is 1. The van der Waals surface area contributed by atoms with Gasteiger partial charge in [0.05, 0.1) is 17.5 Å². The lowest BCUT2D eigenvalue weighted by Crippen LogP contribution is -2.40. The molecule has 19 heavy (non-hydrogen) atoms. The number of nitrogens with zero attached hydrogens (tertiary/aromatic N) is 1. The van der Waals surface area contributed by atoms with Gasteiger partial charge in [0.2, 0.25) is 0 Å². The van der Waals surface area contributed by atoms with Crippen molar-refractivity contribution in [3.63, 3.8) is 0 Å². The summed E-state index contributed by atoms with van der Waals surface area (Å²) in [6.07, 6.45) is 5.57. The van der Waals surface area contributed by atoms with Crippen LogP contribution in [0.3, 0.4) is 0 Å². The average Bonchev–Trinajstić information content (AvgIpc) is 2.32. The predicted octanol–water partition coefficient (Wildman–Crippen LogP) is 2.75. The smallest absolute Gasteiger partial charge is 0.0985 e. The monoisotopic (exact) mass is 269 g/mol. The molecule has 0 bridgehead atoms. The van der Waals surface area contributed by atoms with Crippen molar-refractivity contribution >= 4 is 0 Å². The highest BCUT2D eigenvalue weighted by Gasteiger charge is 2.22. The first-order valence-electron chi connectivity index (χ1n) is 7.57. The molecule has 1 aliphatic rings. The van der Waals surface area contributed by atoms with E-state index in [2.05, 4.69) is 27.7 Å². The summed E-state index contributed by atoms with van der Waals surface area (Å²) < 4.78 is 5.99. The Morgan fingerprint density at radius 1 is 1.21 bits per heavy atom. The zero-order valence-corrected chi connectivity index (χ0v) is 13.0. The molecule has 0 amide bonds. The first kappa shape index (κ1) is 16.3. The lowest BCUT2D eigenvalue weighted by atomic mass is 9.98. The Hall–Kier alpha value is -0.740. The molecule has 1 aliphatic carbocycles. The number of hydrogen-bond acceptors (Lipinski definition) is 4. The molecule has 0 radical (unpaired) electrons. The molecule has 0 aromatic rings. The molecule has 4 nitrogen and oxygen atoms in total. The minimum Gasteiger partial charge on any atom is -0.398 e. The van der Waals surface area contributed by atoms with Gasteiger partial charge in [-0.15, -0.1) is 0 Å². The summed E-state index contributed by atoms with van der Waals surface area (Å²) in [7, 11) is 0. The van der Waals surface area contributed by atoms with Crippen LogP contribution in [-0.2, 0) is 4.74 Å². The minimum atomic E-state index is 0.0301.